The molecule has 0 bridgehead atoms. The summed E-state index contributed by atoms with van der Waals surface area (Å²) in [5, 5.41) is 1.05. The molecule has 3 heterocycles. The Kier molecular flexibility index (Phi) is 5.03. The van der Waals surface area contributed by atoms with Gasteiger partial charge >= 0.3 is 0 Å². The highest BCUT2D eigenvalue weighted by Crippen LogP contribution is 2.45. The summed E-state index contributed by atoms with van der Waals surface area (Å²) in [5.74, 6) is 2.78. The van der Waals surface area contributed by atoms with Crippen LogP contribution in [0.3, 0.4) is 0 Å². The van der Waals surface area contributed by atoms with Crippen LogP contribution in [-0.2, 0) is 5.75 Å². The van der Waals surface area contributed by atoms with Gasteiger partial charge in [-0.3, -0.25) is 0 Å². The second-order valence-corrected chi connectivity index (χ2v) is 9.53. The van der Waals surface area contributed by atoms with Crippen molar-refractivity contribution >= 4 is 22.7 Å². The molecule has 1 aliphatic heterocycles. The maximum absolute atomic E-state index is 4.97. The van der Waals surface area contributed by atoms with E-state index in [4.69, 9.17) is 19.9 Å². The number of fused-ring (bicyclic) bond motifs is 2. The van der Waals surface area contributed by atoms with Gasteiger partial charge in [0.2, 0.25) is 0 Å². The molecule has 1 aliphatic rings. The summed E-state index contributed by atoms with van der Waals surface area (Å²) in [5.41, 5.74) is 7.16. The van der Waals surface area contributed by atoms with Crippen LogP contribution in [0, 0.1) is 0 Å². The summed E-state index contributed by atoms with van der Waals surface area (Å²) in [6.45, 7) is 0. The van der Waals surface area contributed by atoms with E-state index in [-0.39, 0.29) is 0 Å². The highest BCUT2D eigenvalue weighted by atomic mass is 32.2. The van der Waals surface area contributed by atoms with Crippen LogP contribution in [0.5, 0.6) is 0 Å². The van der Waals surface area contributed by atoms with Crippen molar-refractivity contribution in [3.05, 3.63) is 109 Å². The van der Waals surface area contributed by atoms with E-state index in [0.29, 0.717) is 17.5 Å². The molecule has 5 nitrogen and oxygen atoms in total. The van der Waals surface area contributed by atoms with Crippen LogP contribution in [-0.4, -0.2) is 24.9 Å². The molecule has 6 aromatic rings. The van der Waals surface area contributed by atoms with E-state index < -0.39 is 0 Å². The summed E-state index contributed by atoms with van der Waals surface area (Å²) >= 11 is 1.79. The van der Waals surface area contributed by atoms with Crippen molar-refractivity contribution in [2.45, 2.75) is 10.6 Å². The third kappa shape index (κ3) is 3.54. The zero-order valence-electron chi connectivity index (χ0n) is 19.2. The molecule has 0 fully saturated rings. The van der Waals surface area contributed by atoms with Crippen molar-refractivity contribution in [3.63, 3.8) is 0 Å². The predicted octanol–water partition coefficient (Wildman–Crippen LogP) is 7.09. The van der Waals surface area contributed by atoms with Gasteiger partial charge in [0.05, 0.1) is 11.2 Å². The van der Waals surface area contributed by atoms with Gasteiger partial charge in [-0.1, -0.05) is 84.9 Å². The van der Waals surface area contributed by atoms with E-state index in [9.17, 15) is 0 Å². The van der Waals surface area contributed by atoms with Crippen LogP contribution in [0.2, 0.25) is 0 Å². The van der Waals surface area contributed by atoms with Gasteiger partial charge in [0.15, 0.2) is 17.5 Å². The molecule has 0 amide bonds. The van der Waals surface area contributed by atoms with E-state index in [1.54, 1.807) is 18.1 Å². The molecule has 36 heavy (non-hydrogen) atoms. The summed E-state index contributed by atoms with van der Waals surface area (Å²) in [4.78, 5) is 25.2. The minimum atomic E-state index is 0.646. The van der Waals surface area contributed by atoms with Crippen LogP contribution >= 0.6 is 11.8 Å². The topological polar surface area (TPSA) is 64.5 Å². The summed E-state index contributed by atoms with van der Waals surface area (Å²) in [6, 6.07) is 32.7. The average Bonchev–Trinajstić information content (AvgIpc) is 3.13. The molecule has 4 aromatic carbocycles. The Balaban J connectivity index is 1.50. The second kappa shape index (κ2) is 8.66. The highest BCUT2D eigenvalue weighted by Gasteiger charge is 2.23. The minimum absolute atomic E-state index is 0.646. The van der Waals surface area contributed by atoms with E-state index in [2.05, 4.69) is 35.3 Å². The fraction of sp³-hybridized carbons (Fsp3) is 0.0333. The van der Waals surface area contributed by atoms with Crippen molar-refractivity contribution in [2.75, 3.05) is 0 Å². The van der Waals surface area contributed by atoms with E-state index in [0.717, 1.165) is 49.5 Å². The molecule has 0 N–H and O–H groups in total. The van der Waals surface area contributed by atoms with Gasteiger partial charge in [0, 0.05) is 38.3 Å². The summed E-state index contributed by atoms with van der Waals surface area (Å²) < 4.78 is 0. The first-order chi connectivity index (χ1) is 17.8. The number of hydrogen-bond donors (Lipinski definition) is 0. The molecule has 0 spiro atoms. The number of rotatable bonds is 3. The number of thioether (sulfide) groups is 1. The molecular formula is C30H19N5S. The standard InChI is InChI=1S/C30H19N5S/c1-3-9-19(10-4-1)28-33-29(20-11-5-2-6-12-20)35-30(34-28)23-15-16-24-25-26(32-18-31-24)22-14-8-7-13-21(22)17-36-27(23)25/h1-16,18H,17H2. The predicted molar refractivity (Wildman–Crippen MR) is 144 cm³/mol. The van der Waals surface area contributed by atoms with Crippen LogP contribution in [0.15, 0.2) is 108 Å². The molecule has 6 heteroatoms. The van der Waals surface area contributed by atoms with E-state index in [1.165, 1.54) is 5.56 Å². The molecule has 0 saturated heterocycles. The number of nitrogens with zero attached hydrogens (tertiary/aromatic N) is 5. The first kappa shape index (κ1) is 20.9. The van der Waals surface area contributed by atoms with E-state index >= 15 is 0 Å². The van der Waals surface area contributed by atoms with Crippen LogP contribution in [0.25, 0.3) is 56.3 Å². The summed E-state index contributed by atoms with van der Waals surface area (Å²) in [6.07, 6.45) is 1.65. The molecule has 0 atom stereocenters. The fourth-order valence-electron chi connectivity index (χ4n) is 4.61. The molecule has 170 valence electrons. The largest absolute Gasteiger partial charge is 0.236 e. The first-order valence-electron chi connectivity index (χ1n) is 11.7. The van der Waals surface area contributed by atoms with Gasteiger partial charge in [-0.2, -0.15) is 0 Å². The number of hydrogen-bond acceptors (Lipinski definition) is 6. The van der Waals surface area contributed by atoms with Crippen LogP contribution < -0.4 is 0 Å². The maximum Gasteiger partial charge on any atom is 0.165 e. The van der Waals surface area contributed by atoms with Gasteiger partial charge in [0.1, 0.15) is 6.33 Å². The lowest BCUT2D eigenvalue weighted by Crippen LogP contribution is -2.01. The van der Waals surface area contributed by atoms with Gasteiger partial charge in [-0.15, -0.1) is 11.8 Å². The Hall–Kier alpha value is -4.42. The first-order valence-corrected chi connectivity index (χ1v) is 12.7. The molecule has 0 saturated carbocycles. The maximum atomic E-state index is 4.97. The van der Waals surface area contributed by atoms with Gasteiger partial charge in [0.25, 0.3) is 0 Å². The number of benzene rings is 4. The lowest BCUT2D eigenvalue weighted by Gasteiger charge is -2.13. The third-order valence-corrected chi connectivity index (χ3v) is 7.51. The fourth-order valence-corrected chi connectivity index (χ4v) is 5.82. The molecule has 0 radical (unpaired) electrons. The lowest BCUT2D eigenvalue weighted by molar-refractivity contribution is 1.07. The Morgan fingerprint density at radius 1 is 0.556 bits per heavy atom. The van der Waals surface area contributed by atoms with Crippen molar-refractivity contribution in [1.82, 2.24) is 24.9 Å². The van der Waals surface area contributed by atoms with Crippen LogP contribution in [0.1, 0.15) is 5.56 Å². The molecule has 0 aliphatic carbocycles. The van der Waals surface area contributed by atoms with Crippen molar-refractivity contribution in [3.8, 4) is 45.4 Å². The minimum Gasteiger partial charge on any atom is -0.236 e. The molecule has 2 aromatic heterocycles. The summed E-state index contributed by atoms with van der Waals surface area (Å²) in [7, 11) is 0. The third-order valence-electron chi connectivity index (χ3n) is 6.34. The second-order valence-electron chi connectivity index (χ2n) is 8.54. The molecule has 7 rings (SSSR count). The van der Waals surface area contributed by atoms with Crippen molar-refractivity contribution in [2.24, 2.45) is 0 Å². The quantitative estimate of drug-likeness (QED) is 0.269. The van der Waals surface area contributed by atoms with Gasteiger partial charge in [-0.05, 0) is 17.7 Å². The highest BCUT2D eigenvalue weighted by molar-refractivity contribution is 7.99. The molecular weight excluding hydrogens is 462 g/mol. The Morgan fingerprint density at radius 2 is 1.19 bits per heavy atom. The van der Waals surface area contributed by atoms with Crippen molar-refractivity contribution < 1.29 is 0 Å². The van der Waals surface area contributed by atoms with E-state index in [1.807, 2.05) is 66.7 Å². The lowest BCUT2D eigenvalue weighted by atomic mass is 10.0. The van der Waals surface area contributed by atoms with Crippen LogP contribution in [0.4, 0.5) is 0 Å². The monoisotopic (exact) mass is 481 g/mol. The Bertz CT molecular complexity index is 1680. The van der Waals surface area contributed by atoms with Crippen molar-refractivity contribution in [1.29, 1.82) is 0 Å². The zero-order valence-corrected chi connectivity index (χ0v) is 20.0. The Morgan fingerprint density at radius 3 is 1.92 bits per heavy atom. The molecule has 0 unspecified atom stereocenters. The zero-order chi connectivity index (χ0) is 23.9. The Labute approximate surface area is 212 Å². The SMILES string of the molecule is c1ccc(-c2nc(-c3ccccc3)nc(-c3ccc4ncnc5c4c3SCc3ccccc3-5)n2)cc1. The normalized spacial score (nSPS) is 12.2. The van der Waals surface area contributed by atoms with Gasteiger partial charge < -0.3 is 0 Å². The average molecular weight is 482 g/mol. The smallest absolute Gasteiger partial charge is 0.165 e. The van der Waals surface area contributed by atoms with Gasteiger partial charge in [-0.25, -0.2) is 24.9 Å². The number of aromatic nitrogens is 5.